The number of aromatic nitrogens is 3. The molecule has 250 valence electrons. The number of ether oxygens (including phenoxy) is 1. The van der Waals surface area contributed by atoms with Gasteiger partial charge in [-0.05, 0) is 84.2 Å². The van der Waals surface area contributed by atoms with Crippen molar-refractivity contribution in [3.05, 3.63) is 65.1 Å². The number of imidazole rings is 1. The molecule has 3 aromatic rings. The standard InChI is InChI=1S/C36H46ClN7O3/c1-7-28-24-43(32-30(37)22-27(23-40-32)31-38-16-17-39-31)20-21-44(28)29-13-18-42(19-14-29)33(45)26-10-8-25(9-11-26)12-15-36(5,6)41-34(46)47-35(2,3)4/h8-11,16-17,22-23,28-29H,7,13-14,18-21,24H2,1-6H3,(H,38,39)(H,41,46)/t28-/m0/s1. The number of amides is 2. The first-order valence-electron chi connectivity index (χ1n) is 16.4. The summed E-state index contributed by atoms with van der Waals surface area (Å²) in [7, 11) is 0. The van der Waals surface area contributed by atoms with E-state index in [0.29, 0.717) is 22.7 Å². The Hall–Kier alpha value is -4.07. The SMILES string of the molecule is CC[C@H]1CN(c2ncc(-c3ncc[nH]3)cc2Cl)CCN1C1CCN(C(=O)c2ccc(C#CC(C)(C)NC(=O)OC(C)(C)C)cc2)CC1. The van der Waals surface area contributed by atoms with Crippen molar-refractivity contribution in [3.63, 3.8) is 0 Å². The van der Waals surface area contributed by atoms with Crippen LogP contribution in [0.2, 0.25) is 5.02 Å². The van der Waals surface area contributed by atoms with E-state index in [2.05, 4.69) is 43.8 Å². The fraction of sp³-hybridized carbons (Fsp3) is 0.500. The first-order valence-corrected chi connectivity index (χ1v) is 16.8. The lowest BCUT2D eigenvalue weighted by atomic mass is 9.97. The van der Waals surface area contributed by atoms with E-state index in [0.717, 1.165) is 74.8 Å². The second kappa shape index (κ2) is 14.4. The highest BCUT2D eigenvalue weighted by Crippen LogP contribution is 2.31. The lowest BCUT2D eigenvalue weighted by Gasteiger charge is -2.47. The van der Waals surface area contributed by atoms with Gasteiger partial charge in [0.15, 0.2) is 0 Å². The lowest BCUT2D eigenvalue weighted by Crippen LogP contribution is -2.58. The predicted molar refractivity (Wildman–Crippen MR) is 186 cm³/mol. The number of hydrogen-bond donors (Lipinski definition) is 2. The van der Waals surface area contributed by atoms with Gasteiger partial charge in [-0.15, -0.1) is 0 Å². The minimum Gasteiger partial charge on any atom is -0.444 e. The van der Waals surface area contributed by atoms with Crippen LogP contribution in [0.15, 0.2) is 48.9 Å². The monoisotopic (exact) mass is 659 g/mol. The zero-order valence-corrected chi connectivity index (χ0v) is 29.0. The molecule has 0 radical (unpaired) electrons. The van der Waals surface area contributed by atoms with Crippen molar-refractivity contribution < 1.29 is 14.3 Å². The number of carbonyl (C=O) groups is 2. The Morgan fingerprint density at radius 3 is 2.40 bits per heavy atom. The van der Waals surface area contributed by atoms with Crippen LogP contribution in [-0.4, -0.2) is 92.7 Å². The number of carbonyl (C=O) groups excluding carboxylic acids is 2. The van der Waals surface area contributed by atoms with Crippen molar-refractivity contribution in [2.75, 3.05) is 37.6 Å². The molecule has 0 aliphatic carbocycles. The molecule has 10 nitrogen and oxygen atoms in total. The molecule has 2 amide bonds. The highest BCUT2D eigenvalue weighted by molar-refractivity contribution is 6.33. The molecule has 5 rings (SSSR count). The Kier molecular flexibility index (Phi) is 10.5. The number of alkyl carbamates (subject to hydrolysis) is 1. The van der Waals surface area contributed by atoms with Crippen molar-refractivity contribution in [1.29, 1.82) is 0 Å². The van der Waals surface area contributed by atoms with Crippen LogP contribution < -0.4 is 10.2 Å². The second-order valence-corrected chi connectivity index (χ2v) is 14.2. The maximum atomic E-state index is 13.4. The number of H-pyrrole nitrogens is 1. The third kappa shape index (κ3) is 8.85. The van der Waals surface area contributed by atoms with Crippen molar-refractivity contribution in [2.45, 2.75) is 84.0 Å². The van der Waals surface area contributed by atoms with Crippen molar-refractivity contribution in [2.24, 2.45) is 0 Å². The number of halogens is 1. The molecular formula is C36H46ClN7O3. The molecule has 2 saturated heterocycles. The molecule has 2 fully saturated rings. The molecule has 2 aromatic heterocycles. The molecule has 0 saturated carbocycles. The molecule has 2 N–H and O–H groups in total. The van der Waals surface area contributed by atoms with Gasteiger partial charge in [-0.25, -0.2) is 14.8 Å². The van der Waals surface area contributed by atoms with Gasteiger partial charge in [0.25, 0.3) is 5.91 Å². The van der Waals surface area contributed by atoms with Gasteiger partial charge in [-0.3, -0.25) is 9.69 Å². The molecular weight excluding hydrogens is 614 g/mol. The number of piperidine rings is 1. The smallest absolute Gasteiger partial charge is 0.408 e. The number of piperazine rings is 1. The normalized spacial score (nSPS) is 18.0. The van der Waals surface area contributed by atoms with Crippen molar-refractivity contribution in [3.8, 4) is 23.2 Å². The summed E-state index contributed by atoms with van der Waals surface area (Å²) in [6.07, 6.45) is 7.74. The maximum Gasteiger partial charge on any atom is 0.408 e. The Morgan fingerprint density at radius 1 is 1.06 bits per heavy atom. The Bertz CT molecular complexity index is 1600. The molecule has 0 unspecified atom stereocenters. The quantitative estimate of drug-likeness (QED) is 0.313. The fourth-order valence-corrected chi connectivity index (χ4v) is 6.51. The zero-order chi connectivity index (χ0) is 33.8. The summed E-state index contributed by atoms with van der Waals surface area (Å²) < 4.78 is 5.34. The van der Waals surface area contributed by atoms with Crippen molar-refractivity contribution in [1.82, 2.24) is 30.1 Å². The van der Waals surface area contributed by atoms with E-state index in [1.165, 1.54) is 0 Å². The lowest BCUT2D eigenvalue weighted by molar-refractivity contribution is 0.0484. The average Bonchev–Trinajstić information content (AvgIpc) is 3.58. The Labute approximate surface area is 283 Å². The van der Waals surface area contributed by atoms with E-state index in [4.69, 9.17) is 21.3 Å². The first kappa shape index (κ1) is 34.3. The number of benzene rings is 1. The molecule has 4 heterocycles. The van der Waals surface area contributed by atoms with E-state index in [-0.39, 0.29) is 5.91 Å². The number of pyridine rings is 1. The van der Waals surface area contributed by atoms with Gasteiger partial charge < -0.3 is 24.8 Å². The molecule has 47 heavy (non-hydrogen) atoms. The molecule has 11 heteroatoms. The number of aromatic amines is 1. The Morgan fingerprint density at radius 2 is 1.79 bits per heavy atom. The largest absolute Gasteiger partial charge is 0.444 e. The summed E-state index contributed by atoms with van der Waals surface area (Å²) in [5.41, 5.74) is 0.938. The summed E-state index contributed by atoms with van der Waals surface area (Å²) in [4.78, 5) is 44.6. The molecule has 2 aliphatic heterocycles. The molecule has 0 bridgehead atoms. The van der Waals surface area contributed by atoms with E-state index >= 15 is 0 Å². The predicted octanol–water partition coefficient (Wildman–Crippen LogP) is 5.99. The number of nitrogens with zero attached hydrogens (tertiary/aromatic N) is 5. The number of nitrogens with one attached hydrogen (secondary N) is 2. The summed E-state index contributed by atoms with van der Waals surface area (Å²) in [5, 5.41) is 3.43. The second-order valence-electron chi connectivity index (χ2n) is 13.8. The van der Waals surface area contributed by atoms with Crippen molar-refractivity contribution >= 4 is 29.4 Å². The highest BCUT2D eigenvalue weighted by Gasteiger charge is 2.35. The van der Waals surface area contributed by atoms with Crippen LogP contribution in [-0.2, 0) is 4.74 Å². The van der Waals surface area contributed by atoms with Crippen LogP contribution in [0.25, 0.3) is 11.4 Å². The molecule has 1 aromatic carbocycles. The first-order chi connectivity index (χ1) is 22.3. The molecule has 0 spiro atoms. The van der Waals surface area contributed by atoms with Crippen LogP contribution >= 0.6 is 11.6 Å². The third-order valence-corrected chi connectivity index (χ3v) is 8.86. The number of likely N-dealkylation sites (tertiary alicyclic amines) is 1. The third-order valence-electron chi connectivity index (χ3n) is 8.58. The van der Waals surface area contributed by atoms with E-state index in [9.17, 15) is 9.59 Å². The van der Waals surface area contributed by atoms with E-state index in [1.54, 1.807) is 12.4 Å². The van der Waals surface area contributed by atoms with E-state index in [1.807, 2.05) is 76.0 Å². The van der Waals surface area contributed by atoms with Crippen LogP contribution in [0.3, 0.4) is 0 Å². The van der Waals surface area contributed by atoms with Gasteiger partial charge in [0.05, 0.1) is 10.6 Å². The molecule has 2 aliphatic rings. The number of rotatable bonds is 6. The summed E-state index contributed by atoms with van der Waals surface area (Å²) in [6, 6.07) is 10.1. The van der Waals surface area contributed by atoms with Gasteiger partial charge in [-0.2, -0.15) is 0 Å². The number of anilines is 1. The van der Waals surface area contributed by atoms with Crippen LogP contribution in [0.1, 0.15) is 76.7 Å². The van der Waals surface area contributed by atoms with Gasteiger partial charge in [0.1, 0.15) is 17.2 Å². The minimum absolute atomic E-state index is 0.0467. The van der Waals surface area contributed by atoms with Crippen LogP contribution in [0.5, 0.6) is 0 Å². The van der Waals surface area contributed by atoms with Gasteiger partial charge >= 0.3 is 6.09 Å². The molecule has 1 atom stereocenters. The van der Waals surface area contributed by atoms with Gasteiger partial charge in [0, 0.05) is 80.1 Å². The van der Waals surface area contributed by atoms with E-state index < -0.39 is 17.2 Å². The van der Waals surface area contributed by atoms with Gasteiger partial charge in [-0.1, -0.05) is 30.4 Å². The summed E-state index contributed by atoms with van der Waals surface area (Å²) in [6.45, 7) is 15.5. The average molecular weight is 660 g/mol. The van der Waals surface area contributed by atoms with Crippen LogP contribution in [0, 0.1) is 11.8 Å². The van der Waals surface area contributed by atoms with Crippen LogP contribution in [0.4, 0.5) is 10.6 Å². The zero-order valence-electron chi connectivity index (χ0n) is 28.3. The summed E-state index contributed by atoms with van der Waals surface area (Å²) in [5.74, 6) is 7.82. The Balaban J connectivity index is 1.13. The maximum absolute atomic E-state index is 13.4. The fourth-order valence-electron chi connectivity index (χ4n) is 6.22. The topological polar surface area (TPSA) is 107 Å². The van der Waals surface area contributed by atoms with Gasteiger partial charge in [0.2, 0.25) is 0 Å². The number of hydrogen-bond acceptors (Lipinski definition) is 7. The summed E-state index contributed by atoms with van der Waals surface area (Å²) >= 11 is 6.71. The highest BCUT2D eigenvalue weighted by atomic mass is 35.5. The minimum atomic E-state index is -0.777.